The summed E-state index contributed by atoms with van der Waals surface area (Å²) in [6, 6.07) is -0.914. The van der Waals surface area contributed by atoms with Gasteiger partial charge in [-0.25, -0.2) is 9.78 Å². The molecule has 168 valence electrons. The Morgan fingerprint density at radius 1 is 1.53 bits per heavy atom. The number of nitrogens with zero attached hydrogens (tertiary/aromatic N) is 5. The SMILES string of the molecule is CO/N=C(\C(=O)N[C@@H]1C(=O)N2C(C(=O)O)=C(CSc3nnc[nH]3)CS[C@H]12)c1csc(N)n1. The Labute approximate surface area is 192 Å². The zero-order chi connectivity index (χ0) is 22.8. The number of thiazole rings is 1. The molecule has 0 aromatic carbocycles. The fourth-order valence-electron chi connectivity index (χ4n) is 3.12. The molecule has 16 heteroatoms. The number of thioether (sulfide) groups is 2. The van der Waals surface area contributed by atoms with Crippen molar-refractivity contribution < 1.29 is 24.3 Å². The normalized spacial score (nSPS) is 20.6. The highest BCUT2D eigenvalue weighted by molar-refractivity contribution is 8.01. The number of oxime groups is 1. The number of carboxylic acid groups (broad SMARTS) is 1. The van der Waals surface area contributed by atoms with Gasteiger partial charge in [0.25, 0.3) is 11.8 Å². The number of aliphatic carboxylic acids is 1. The lowest BCUT2D eigenvalue weighted by Gasteiger charge is -2.49. The summed E-state index contributed by atoms with van der Waals surface area (Å²) < 4.78 is 0. The van der Waals surface area contributed by atoms with Crippen molar-refractivity contribution in [3.8, 4) is 0 Å². The third kappa shape index (κ3) is 4.15. The summed E-state index contributed by atoms with van der Waals surface area (Å²) in [6.07, 6.45) is 1.42. The molecule has 32 heavy (non-hydrogen) atoms. The van der Waals surface area contributed by atoms with E-state index in [4.69, 9.17) is 10.6 Å². The van der Waals surface area contributed by atoms with Gasteiger partial charge in [0.1, 0.15) is 36.2 Å². The monoisotopic (exact) mass is 496 g/mol. The Hall–Kier alpha value is -3.11. The standard InChI is InChI=1S/C16H16N8O5S3/c1-29-23-8(7-4-31-15(17)20-7)11(25)21-9-12(26)24-10(14(27)28)6(2-30-13(9)24)3-32-16-18-5-19-22-16/h4-5,9,13H,2-3H2,1H3,(H2,17,20)(H,21,25)(H,27,28)(H,18,19,22)/b23-8-/t9-,13-/m1/s1. The summed E-state index contributed by atoms with van der Waals surface area (Å²) in [5.41, 5.74) is 6.20. The minimum atomic E-state index is -1.21. The highest BCUT2D eigenvalue weighted by atomic mass is 32.2. The highest BCUT2D eigenvalue weighted by Crippen LogP contribution is 2.41. The van der Waals surface area contributed by atoms with Crippen molar-refractivity contribution in [2.45, 2.75) is 16.6 Å². The van der Waals surface area contributed by atoms with Crippen LogP contribution in [0.3, 0.4) is 0 Å². The molecule has 4 rings (SSSR count). The van der Waals surface area contributed by atoms with E-state index in [2.05, 4.69) is 30.6 Å². The molecule has 2 aliphatic rings. The smallest absolute Gasteiger partial charge is 0.352 e. The van der Waals surface area contributed by atoms with Gasteiger partial charge in [-0.05, 0) is 5.57 Å². The second kappa shape index (κ2) is 9.17. The van der Waals surface area contributed by atoms with Crippen LogP contribution in [0.2, 0.25) is 0 Å². The molecule has 2 amide bonds. The molecule has 2 aromatic heterocycles. The van der Waals surface area contributed by atoms with Crippen molar-refractivity contribution in [2.75, 3.05) is 24.3 Å². The van der Waals surface area contributed by atoms with Crippen LogP contribution in [0.25, 0.3) is 0 Å². The maximum atomic E-state index is 12.8. The number of aromatic nitrogens is 4. The number of amides is 2. The van der Waals surface area contributed by atoms with Crippen LogP contribution in [0, 0.1) is 0 Å². The second-order valence-electron chi connectivity index (χ2n) is 6.39. The number of fused-ring (bicyclic) bond motifs is 1. The van der Waals surface area contributed by atoms with E-state index in [1.165, 1.54) is 41.9 Å². The van der Waals surface area contributed by atoms with E-state index in [1.807, 2.05) is 0 Å². The summed E-state index contributed by atoms with van der Waals surface area (Å²) >= 11 is 3.78. The topological polar surface area (TPSA) is 189 Å². The minimum Gasteiger partial charge on any atom is -0.477 e. The van der Waals surface area contributed by atoms with E-state index in [9.17, 15) is 19.5 Å². The first-order valence-electron chi connectivity index (χ1n) is 8.93. The molecule has 1 fully saturated rings. The number of carbonyl (C=O) groups is 3. The number of β-lactam (4-membered cyclic amide) rings is 1. The van der Waals surface area contributed by atoms with Crippen molar-refractivity contribution in [1.29, 1.82) is 0 Å². The third-order valence-corrected chi connectivity index (χ3v) is 7.46. The van der Waals surface area contributed by atoms with Gasteiger partial charge in [0.15, 0.2) is 16.0 Å². The van der Waals surface area contributed by atoms with E-state index >= 15 is 0 Å². The molecule has 0 unspecified atom stereocenters. The number of rotatable bonds is 8. The van der Waals surface area contributed by atoms with E-state index in [1.54, 1.807) is 5.38 Å². The molecule has 2 aliphatic heterocycles. The zero-order valence-electron chi connectivity index (χ0n) is 16.3. The fraction of sp³-hybridized carbons (Fsp3) is 0.312. The van der Waals surface area contributed by atoms with Crippen molar-refractivity contribution in [3.63, 3.8) is 0 Å². The van der Waals surface area contributed by atoms with Crippen molar-refractivity contribution in [1.82, 2.24) is 30.4 Å². The molecule has 0 radical (unpaired) electrons. The molecule has 2 aromatic rings. The molecule has 0 saturated carbocycles. The van der Waals surface area contributed by atoms with E-state index in [0.29, 0.717) is 22.2 Å². The molecule has 0 spiro atoms. The Kier molecular flexibility index (Phi) is 6.33. The van der Waals surface area contributed by atoms with Gasteiger partial charge in [-0.15, -0.1) is 33.3 Å². The van der Waals surface area contributed by atoms with Crippen molar-refractivity contribution in [3.05, 3.63) is 28.7 Å². The summed E-state index contributed by atoms with van der Waals surface area (Å²) in [4.78, 5) is 50.3. The summed E-state index contributed by atoms with van der Waals surface area (Å²) in [7, 11) is 1.28. The zero-order valence-corrected chi connectivity index (χ0v) is 18.8. The predicted octanol–water partition coefficient (Wildman–Crippen LogP) is -0.275. The van der Waals surface area contributed by atoms with Crippen LogP contribution in [0.4, 0.5) is 5.13 Å². The third-order valence-electron chi connectivity index (χ3n) is 4.48. The second-order valence-corrected chi connectivity index (χ2v) is 9.35. The van der Waals surface area contributed by atoms with E-state index in [-0.39, 0.29) is 22.2 Å². The average molecular weight is 497 g/mol. The minimum absolute atomic E-state index is 0.0747. The number of aromatic amines is 1. The number of hydrogen-bond acceptors (Lipinski definition) is 12. The Morgan fingerprint density at radius 3 is 2.97 bits per heavy atom. The summed E-state index contributed by atoms with van der Waals surface area (Å²) in [5.74, 6) is -1.70. The molecule has 0 aliphatic carbocycles. The van der Waals surface area contributed by atoms with Gasteiger partial charge in [0.05, 0.1) is 0 Å². The van der Waals surface area contributed by atoms with Gasteiger partial charge in [-0.2, -0.15) is 0 Å². The molecule has 2 atom stereocenters. The van der Waals surface area contributed by atoms with Gasteiger partial charge < -0.3 is 26.0 Å². The molecule has 4 heterocycles. The van der Waals surface area contributed by atoms with Gasteiger partial charge in [-0.1, -0.05) is 16.9 Å². The lowest BCUT2D eigenvalue weighted by atomic mass is 10.0. The quantitative estimate of drug-likeness (QED) is 0.163. The number of H-pyrrole nitrogens is 1. The lowest BCUT2D eigenvalue weighted by molar-refractivity contribution is -0.150. The number of anilines is 1. The predicted molar refractivity (Wildman–Crippen MR) is 117 cm³/mol. The Morgan fingerprint density at radius 2 is 2.34 bits per heavy atom. The molecule has 1 saturated heterocycles. The highest BCUT2D eigenvalue weighted by Gasteiger charge is 2.54. The van der Waals surface area contributed by atoms with E-state index in [0.717, 1.165) is 11.3 Å². The van der Waals surface area contributed by atoms with Gasteiger partial charge in [0.2, 0.25) is 0 Å². The van der Waals surface area contributed by atoms with Gasteiger partial charge >= 0.3 is 5.97 Å². The molecule has 0 bridgehead atoms. The maximum Gasteiger partial charge on any atom is 0.352 e. The van der Waals surface area contributed by atoms with Crippen LogP contribution in [0.1, 0.15) is 5.69 Å². The summed E-state index contributed by atoms with van der Waals surface area (Å²) in [6.45, 7) is 0. The number of nitrogen functional groups attached to an aromatic ring is 1. The van der Waals surface area contributed by atoms with Crippen LogP contribution in [0.15, 0.2) is 33.3 Å². The first kappa shape index (κ1) is 22.1. The first-order chi connectivity index (χ1) is 15.4. The fourth-order valence-corrected chi connectivity index (χ4v) is 5.93. The van der Waals surface area contributed by atoms with Gasteiger partial charge in [-0.3, -0.25) is 14.5 Å². The van der Waals surface area contributed by atoms with Crippen molar-refractivity contribution in [2.24, 2.45) is 5.16 Å². The van der Waals surface area contributed by atoms with Crippen LogP contribution >= 0.6 is 34.9 Å². The number of carboxylic acids is 1. The first-order valence-corrected chi connectivity index (χ1v) is 11.8. The molecular weight excluding hydrogens is 480 g/mol. The number of hydrogen-bond donors (Lipinski definition) is 4. The Balaban J connectivity index is 1.49. The largest absolute Gasteiger partial charge is 0.477 e. The van der Waals surface area contributed by atoms with Crippen LogP contribution in [-0.4, -0.2) is 83.7 Å². The summed E-state index contributed by atoms with van der Waals surface area (Å²) in [5, 5.41) is 25.3. The van der Waals surface area contributed by atoms with Gasteiger partial charge in [0, 0.05) is 16.9 Å². The number of nitrogens with one attached hydrogen (secondary N) is 2. The van der Waals surface area contributed by atoms with Crippen LogP contribution in [0.5, 0.6) is 0 Å². The van der Waals surface area contributed by atoms with Crippen LogP contribution < -0.4 is 11.1 Å². The molecular formula is C16H16N8O5S3. The average Bonchev–Trinajstić information content (AvgIpc) is 3.45. The number of nitrogens with two attached hydrogens (primary N) is 1. The maximum absolute atomic E-state index is 12.8. The number of carbonyl (C=O) groups excluding carboxylic acids is 2. The Bertz CT molecular complexity index is 1110. The lowest BCUT2D eigenvalue weighted by Crippen LogP contribution is -2.71. The van der Waals surface area contributed by atoms with Crippen LogP contribution in [-0.2, 0) is 19.2 Å². The van der Waals surface area contributed by atoms with Crippen molar-refractivity contribution >= 4 is 63.5 Å². The molecule has 13 nitrogen and oxygen atoms in total. The van der Waals surface area contributed by atoms with E-state index < -0.39 is 29.2 Å². The molecule has 5 N–H and O–H groups in total.